The summed E-state index contributed by atoms with van der Waals surface area (Å²) in [5.41, 5.74) is 16.9. The molecule has 0 radical (unpaired) electrons. The minimum absolute atomic E-state index is 0.0170. The van der Waals surface area contributed by atoms with Crippen molar-refractivity contribution in [2.75, 3.05) is 151 Å². The molecule has 5 saturated heterocycles. The molecule has 0 saturated carbocycles. The first-order valence-electron chi connectivity index (χ1n) is 47.4. The van der Waals surface area contributed by atoms with Gasteiger partial charge in [-0.2, -0.15) is 0 Å². The lowest BCUT2D eigenvalue weighted by Gasteiger charge is -2.31. The zero-order valence-electron chi connectivity index (χ0n) is 84.5. The normalized spacial score (nSPS) is 14.9. The summed E-state index contributed by atoms with van der Waals surface area (Å²) in [7, 11) is 12.5. The van der Waals surface area contributed by atoms with Gasteiger partial charge in [0, 0.05) is 145 Å². The van der Waals surface area contributed by atoms with Crippen molar-refractivity contribution in [1.82, 2.24) is 19.6 Å². The van der Waals surface area contributed by atoms with E-state index < -0.39 is 78.0 Å². The summed E-state index contributed by atoms with van der Waals surface area (Å²) in [6.07, 6.45) is 9.73. The van der Waals surface area contributed by atoms with E-state index in [0.29, 0.717) is 36.6 Å². The second-order valence-corrected chi connectivity index (χ2v) is 35.5. The first-order valence-corrected chi connectivity index (χ1v) is 47.4. The molecule has 45 nitrogen and oxygen atoms in total. The molecule has 4 aromatic heterocycles. The number of ether oxygens (including phenoxy) is 6. The molecule has 4 unspecified atom stereocenters. The van der Waals surface area contributed by atoms with Gasteiger partial charge in [-0.15, -0.1) is 0 Å². The fourth-order valence-electron chi connectivity index (χ4n) is 15.7. The lowest BCUT2D eigenvalue weighted by atomic mass is 9.89. The van der Waals surface area contributed by atoms with Crippen molar-refractivity contribution >= 4 is 81.4 Å². The van der Waals surface area contributed by atoms with Gasteiger partial charge in [0.05, 0.1) is 73.9 Å². The number of anilines is 6. The van der Waals surface area contributed by atoms with Crippen molar-refractivity contribution in [3.05, 3.63) is 285 Å². The number of rotatable bonds is 25. The molecule has 14 N–H and O–H groups in total. The van der Waals surface area contributed by atoms with E-state index in [9.17, 15) is 93.7 Å². The summed E-state index contributed by atoms with van der Waals surface area (Å²) in [5, 5.41) is 101. The van der Waals surface area contributed by atoms with E-state index in [4.69, 9.17) is 73.3 Å². The standard InChI is InChI=1S/C24H27N3O6.C15H16N2O5.C11H15N3O2.C11H17NO2.C11H16O3.C9H10N2O4.C9H12N2O2.C7H5NO5.C6H10O2/c1-13-7-8-17(33-13)18(14-9-11-32-12-10-14)26-20-19(22(29)23(20)30)25-16-6-4-5-15(21(16)28)24(31)27(2)3;1-4-22-14-10(12(19)13(14)20)16-9-7-5-6-8(11(9)18)15(21)17(2)3;1-8-2-3-10(16-8)11(13-14-12)9-4-6-15-7-5-9;2*1-8-2-3-10(14-8)11(12)9-4-6-13-7-5-9;1-10(2)9(13)6-4-3-5-7(8(6)12)11(14)15;1-11(2)9(13)6-4-3-5-7(10)8(6)12;9-6-4(7(10)11)2-1-3-5(6)8(12)13;7-5-6-1-3-8-4-2-6/h4-8,14,18,25-26,28H,9-12H2,1-3H3;5-7,16,18H,4H2,1-3H3;2-3,9,11H,4-7H2,1H3;2-3,9,11H,4-7,12H2,1H3;2-3,9,11-12H,4-7H2,1H3;3-5,12H,1-2H3;3-5,12H,10H2,1-2H3;1-3,9H,(H,10,11);5-6H,1-4H2. The van der Waals surface area contributed by atoms with Gasteiger partial charge in [-0.25, -0.2) is 4.79 Å². The van der Waals surface area contributed by atoms with Crippen LogP contribution in [0.2, 0.25) is 0 Å². The molecule has 11 aromatic rings. The van der Waals surface area contributed by atoms with Crippen LogP contribution in [0.15, 0.2) is 181 Å². The molecule has 5 aliphatic rings. The van der Waals surface area contributed by atoms with Crippen LogP contribution < -0.4 is 53.9 Å². The number of nitrogens with one attached hydrogen (secondary N) is 3. The smallest absolute Gasteiger partial charge is 0.339 e. The first kappa shape index (κ1) is 117. The summed E-state index contributed by atoms with van der Waals surface area (Å²) < 4.78 is 53.8. The van der Waals surface area contributed by atoms with Crippen LogP contribution in [-0.4, -0.2) is 230 Å². The molecular weight excluding hydrogens is 1930 g/mol. The van der Waals surface area contributed by atoms with E-state index in [-0.39, 0.29) is 140 Å². The number of aromatic carboxylic acids is 1. The number of phenolic OH excluding ortho intramolecular Hbond substituents is 4. The topological polar surface area (TPSA) is 656 Å². The van der Waals surface area contributed by atoms with E-state index >= 15 is 0 Å². The van der Waals surface area contributed by atoms with E-state index in [1.807, 2.05) is 76.2 Å². The number of nitro benzene ring substituents is 2. The summed E-state index contributed by atoms with van der Waals surface area (Å²) in [6.45, 7) is 16.9. The molecule has 45 heteroatoms. The Kier molecular flexibility index (Phi) is 45.4. The van der Waals surface area contributed by atoms with Gasteiger partial charge < -0.3 is 134 Å². The number of carbonyl (C=O) groups is 6. The zero-order chi connectivity index (χ0) is 109. The molecule has 4 amide bonds. The number of carbonyl (C=O) groups excluding carboxylic acids is 5. The molecule has 148 heavy (non-hydrogen) atoms. The molecule has 16 rings (SSSR count). The molecule has 796 valence electrons. The van der Waals surface area contributed by atoms with Gasteiger partial charge in [0.25, 0.3) is 45.3 Å². The van der Waals surface area contributed by atoms with Gasteiger partial charge >= 0.3 is 17.3 Å². The van der Waals surface area contributed by atoms with Crippen LogP contribution in [0.1, 0.15) is 193 Å². The number of aliphatic hydroxyl groups excluding tert-OH is 1. The Labute approximate surface area is 851 Å². The molecular formula is C103H128N14O31. The predicted molar refractivity (Wildman–Crippen MR) is 545 cm³/mol. The number of nitro groups is 2. The molecule has 0 bridgehead atoms. The fourth-order valence-corrected chi connectivity index (χ4v) is 15.7. The van der Waals surface area contributed by atoms with Crippen molar-refractivity contribution < 1.29 is 120 Å². The third-order valence-electron chi connectivity index (χ3n) is 24.1. The van der Waals surface area contributed by atoms with Gasteiger partial charge in [-0.05, 0) is 225 Å². The number of azide groups is 1. The number of phenols is 5. The van der Waals surface area contributed by atoms with Gasteiger partial charge in [0.15, 0.2) is 23.0 Å². The number of nitrogens with zero attached hydrogens (tertiary/aromatic N) is 9. The van der Waals surface area contributed by atoms with Crippen LogP contribution in [-0.2, 0) is 28.5 Å². The number of aliphatic hydroxyl groups is 1. The third-order valence-corrected chi connectivity index (χ3v) is 24.1. The maximum absolute atomic E-state index is 12.5. The first-order chi connectivity index (χ1) is 70.5. The average Bonchev–Trinajstić information content (AvgIpc) is 1.18. The minimum Gasteiger partial charge on any atom is -0.505 e. The highest BCUT2D eigenvalue weighted by Crippen LogP contribution is 2.42. The summed E-state index contributed by atoms with van der Waals surface area (Å²) in [6, 6.07) is 35.7. The Morgan fingerprint density at radius 1 is 0.459 bits per heavy atom. The average molecular weight is 2060 g/mol. The van der Waals surface area contributed by atoms with Crippen LogP contribution in [0.4, 0.5) is 45.5 Å². The van der Waals surface area contributed by atoms with E-state index in [2.05, 4.69) is 26.0 Å². The van der Waals surface area contributed by atoms with Crippen molar-refractivity contribution in [2.24, 2.45) is 40.4 Å². The maximum atomic E-state index is 12.5. The van der Waals surface area contributed by atoms with E-state index in [1.165, 1.54) is 82.2 Å². The Balaban J connectivity index is 0.000000209. The lowest BCUT2D eigenvalue weighted by molar-refractivity contribution is -0.386. The molecule has 4 atom stereocenters. The van der Waals surface area contributed by atoms with Crippen LogP contribution in [0, 0.1) is 77.5 Å². The maximum Gasteiger partial charge on any atom is 0.339 e. The number of amides is 4. The third kappa shape index (κ3) is 32.6. The molecule has 5 aliphatic heterocycles. The highest BCUT2D eigenvalue weighted by atomic mass is 16.6. The number of nitrogens with two attached hydrogens (primary N) is 2. The number of carboxylic acid groups (broad SMARTS) is 1. The van der Waals surface area contributed by atoms with Crippen molar-refractivity contribution in [1.29, 1.82) is 0 Å². The summed E-state index contributed by atoms with van der Waals surface area (Å²) >= 11 is 0. The van der Waals surface area contributed by atoms with Crippen LogP contribution in [0.5, 0.6) is 34.5 Å². The highest BCUT2D eigenvalue weighted by Gasteiger charge is 2.36. The van der Waals surface area contributed by atoms with Crippen molar-refractivity contribution in [3.63, 3.8) is 0 Å². The van der Waals surface area contributed by atoms with Crippen LogP contribution in [0.3, 0.4) is 0 Å². The molecule has 0 aliphatic carbocycles. The van der Waals surface area contributed by atoms with Gasteiger partial charge in [0.2, 0.25) is 11.5 Å². The van der Waals surface area contributed by atoms with Crippen molar-refractivity contribution in [2.45, 2.75) is 123 Å². The zero-order valence-corrected chi connectivity index (χ0v) is 84.5. The number of nitrogen functional groups attached to an aromatic ring is 1. The predicted octanol–water partition coefficient (Wildman–Crippen LogP) is 14.5. The van der Waals surface area contributed by atoms with Gasteiger partial charge in [-0.3, -0.25) is 58.6 Å². The second-order valence-electron chi connectivity index (χ2n) is 35.5. The Morgan fingerprint density at radius 2 is 0.804 bits per heavy atom. The molecule has 0 spiro atoms. The largest absolute Gasteiger partial charge is 0.505 e. The van der Waals surface area contributed by atoms with Crippen molar-refractivity contribution in [3.8, 4) is 34.5 Å². The van der Waals surface area contributed by atoms with E-state index in [1.54, 1.807) is 73.5 Å². The number of furan rings is 4. The number of benzene rings is 5. The molecule has 7 aromatic carbocycles. The number of carboxylic acids is 1. The molecule has 5 fully saturated rings. The SMILES string of the molecule is CCOc1c(Nc2cccc(C(=O)N(C)C)c2O)c(=O)c1=O.CN(C)C(=O)c1cccc(N)c1O.CN(C)C(=O)c1cccc([N+](=O)[O-])c1O.Cc1ccc(C(N)C2CCOCC2)o1.Cc1ccc(C(N=[N+]=[N-])C2CCOCC2)o1.Cc1ccc(C(Nc2c(Nc3cccc(C(=O)N(C)C)c3O)c(=O)c2=O)C2CCOCC2)o1.Cc1ccc(C(O)C2CCOCC2)o1.O=C(O)c1cccc([N+](=O)[O-])c1O.O=CC1CCOCC1. The second kappa shape index (κ2) is 57.2. The van der Waals surface area contributed by atoms with Gasteiger partial charge in [0.1, 0.15) is 81.1 Å². The van der Waals surface area contributed by atoms with Crippen LogP contribution in [0.25, 0.3) is 10.4 Å². The quantitative estimate of drug-likeness (QED) is 0.00291. The molecule has 9 heterocycles. The van der Waals surface area contributed by atoms with Gasteiger partial charge in [-0.1, -0.05) is 35.4 Å². The Morgan fingerprint density at radius 3 is 1.20 bits per heavy atom. The summed E-state index contributed by atoms with van der Waals surface area (Å²) in [4.78, 5) is 143. The van der Waals surface area contributed by atoms with E-state index in [0.717, 1.165) is 176 Å². The minimum atomic E-state index is -1.40. The highest BCUT2D eigenvalue weighted by molar-refractivity contribution is 6.01. The Hall–Kier alpha value is -15.8. The number of aldehydes is 1. The lowest BCUT2D eigenvalue weighted by Crippen LogP contribution is -2.39. The number of hydrogen-bond acceptors (Lipinski definition) is 36. The Bertz CT molecular complexity index is 6370. The number of hydrogen-bond donors (Lipinski definition) is 12. The number of aromatic hydroxyl groups is 5. The number of para-hydroxylation sites is 5. The number of aryl methyl sites for hydroxylation is 4. The fraction of sp³-hybridized carbons (Fsp3) is 0.417. The summed E-state index contributed by atoms with van der Waals surface area (Å²) in [5.74, 6) is 2.87. The monoisotopic (exact) mass is 2060 g/mol. The van der Waals surface area contributed by atoms with Crippen LogP contribution >= 0.6 is 0 Å².